The van der Waals surface area contributed by atoms with Crippen molar-refractivity contribution in [2.75, 3.05) is 19.8 Å². The van der Waals surface area contributed by atoms with Crippen molar-refractivity contribution in [2.45, 2.75) is 51.5 Å². The topological polar surface area (TPSA) is 84.7 Å². The molecular formula is C22H27N3O4. The molecular weight excluding hydrogens is 370 g/mol. The molecule has 0 radical (unpaired) electrons. The zero-order valence-electron chi connectivity index (χ0n) is 17.0. The monoisotopic (exact) mass is 397 g/mol. The van der Waals surface area contributed by atoms with Crippen LogP contribution >= 0.6 is 0 Å². The van der Waals surface area contributed by atoms with Gasteiger partial charge in [0.25, 0.3) is 5.91 Å². The van der Waals surface area contributed by atoms with Gasteiger partial charge in [-0.1, -0.05) is 0 Å². The zero-order chi connectivity index (χ0) is 20.6. The molecule has 29 heavy (non-hydrogen) atoms. The number of carbonyl (C=O) groups is 2. The van der Waals surface area contributed by atoms with Gasteiger partial charge in [-0.15, -0.1) is 0 Å². The normalized spacial score (nSPS) is 17.9. The molecule has 7 nitrogen and oxygen atoms in total. The standard InChI is InChI=1S/C22H27N3O4/c1-15-19(8-9-20(26)27)16(2)25(23-15)18-6-4-17(5-7-18)21(28)24-12-13-29-14-22(24)10-3-11-22/h4-7H,3,8-14H2,1-2H3,(H,26,27). The molecule has 2 fully saturated rings. The van der Waals surface area contributed by atoms with Gasteiger partial charge in [-0.05, 0) is 69.4 Å². The molecule has 1 aliphatic heterocycles. The summed E-state index contributed by atoms with van der Waals surface area (Å²) < 4.78 is 7.46. The smallest absolute Gasteiger partial charge is 0.303 e. The summed E-state index contributed by atoms with van der Waals surface area (Å²) in [4.78, 5) is 26.0. The second kappa shape index (κ2) is 7.63. The summed E-state index contributed by atoms with van der Waals surface area (Å²) >= 11 is 0. The molecule has 2 aromatic rings. The average molecular weight is 397 g/mol. The van der Waals surface area contributed by atoms with Gasteiger partial charge in [0, 0.05) is 24.2 Å². The van der Waals surface area contributed by atoms with Gasteiger partial charge in [0.05, 0.1) is 30.1 Å². The van der Waals surface area contributed by atoms with Crippen molar-refractivity contribution < 1.29 is 19.4 Å². The van der Waals surface area contributed by atoms with E-state index < -0.39 is 5.97 Å². The molecule has 7 heteroatoms. The van der Waals surface area contributed by atoms with Crippen molar-refractivity contribution in [3.8, 4) is 5.69 Å². The predicted octanol–water partition coefficient (Wildman–Crippen LogP) is 2.90. The number of benzene rings is 1. The lowest BCUT2D eigenvalue weighted by atomic mass is 9.75. The summed E-state index contributed by atoms with van der Waals surface area (Å²) in [5.74, 6) is -0.748. The fraction of sp³-hybridized carbons (Fsp3) is 0.500. The molecule has 1 N–H and O–H groups in total. The number of hydrogen-bond acceptors (Lipinski definition) is 4. The SMILES string of the molecule is Cc1nn(-c2ccc(C(=O)N3CCOCC34CCC4)cc2)c(C)c1CCC(=O)O. The van der Waals surface area contributed by atoms with E-state index in [1.165, 1.54) is 0 Å². The van der Waals surface area contributed by atoms with Crippen LogP contribution in [0.1, 0.15) is 53.0 Å². The number of ether oxygens (including phenoxy) is 1. The molecule has 1 amide bonds. The summed E-state index contributed by atoms with van der Waals surface area (Å²) in [6.45, 7) is 5.72. The number of hydrogen-bond donors (Lipinski definition) is 1. The molecule has 2 heterocycles. The van der Waals surface area contributed by atoms with E-state index in [-0.39, 0.29) is 17.9 Å². The quantitative estimate of drug-likeness (QED) is 0.839. The maximum absolute atomic E-state index is 13.1. The summed E-state index contributed by atoms with van der Waals surface area (Å²) in [5.41, 5.74) is 4.17. The van der Waals surface area contributed by atoms with E-state index in [4.69, 9.17) is 9.84 Å². The Morgan fingerprint density at radius 3 is 2.55 bits per heavy atom. The average Bonchev–Trinajstić information content (AvgIpc) is 2.98. The molecule has 1 aliphatic carbocycles. The molecule has 154 valence electrons. The van der Waals surface area contributed by atoms with Gasteiger partial charge in [-0.3, -0.25) is 9.59 Å². The molecule has 1 saturated carbocycles. The molecule has 4 rings (SSSR count). The van der Waals surface area contributed by atoms with Crippen molar-refractivity contribution >= 4 is 11.9 Å². The predicted molar refractivity (Wildman–Crippen MR) is 107 cm³/mol. The highest BCUT2D eigenvalue weighted by atomic mass is 16.5. The fourth-order valence-electron chi connectivity index (χ4n) is 4.47. The highest BCUT2D eigenvalue weighted by Crippen LogP contribution is 2.40. The highest BCUT2D eigenvalue weighted by Gasteiger charge is 2.47. The number of carbonyl (C=O) groups excluding carboxylic acids is 1. The maximum atomic E-state index is 13.1. The number of aliphatic carboxylic acids is 1. The minimum Gasteiger partial charge on any atom is -0.481 e. The second-order valence-corrected chi connectivity index (χ2v) is 8.09. The summed E-state index contributed by atoms with van der Waals surface area (Å²) in [7, 11) is 0. The molecule has 2 aliphatic rings. The largest absolute Gasteiger partial charge is 0.481 e. The number of carboxylic acid groups (broad SMARTS) is 1. The third kappa shape index (κ3) is 3.55. The lowest BCUT2D eigenvalue weighted by molar-refractivity contribution is -0.136. The van der Waals surface area contributed by atoms with E-state index in [2.05, 4.69) is 5.10 Å². The lowest BCUT2D eigenvalue weighted by Crippen LogP contribution is -2.62. The van der Waals surface area contributed by atoms with E-state index >= 15 is 0 Å². The second-order valence-electron chi connectivity index (χ2n) is 8.09. The first-order valence-corrected chi connectivity index (χ1v) is 10.2. The minimum absolute atomic E-state index is 0.0649. The van der Waals surface area contributed by atoms with Crippen LogP contribution in [0.15, 0.2) is 24.3 Å². The third-order valence-electron chi connectivity index (χ3n) is 6.32. The lowest BCUT2D eigenvalue weighted by Gasteiger charge is -2.52. The highest BCUT2D eigenvalue weighted by molar-refractivity contribution is 5.95. The molecule has 1 saturated heterocycles. The van der Waals surface area contributed by atoms with Crippen molar-refractivity contribution in [1.82, 2.24) is 14.7 Å². The Kier molecular flexibility index (Phi) is 5.17. The van der Waals surface area contributed by atoms with E-state index in [0.717, 1.165) is 41.9 Å². The van der Waals surface area contributed by atoms with Crippen LogP contribution in [0, 0.1) is 13.8 Å². The van der Waals surface area contributed by atoms with Gasteiger partial charge < -0.3 is 14.7 Å². The van der Waals surface area contributed by atoms with Crippen molar-refractivity contribution in [1.29, 1.82) is 0 Å². The Hall–Kier alpha value is -2.67. The molecule has 0 bridgehead atoms. The van der Waals surface area contributed by atoms with E-state index in [0.29, 0.717) is 31.7 Å². The van der Waals surface area contributed by atoms with Crippen LogP contribution in [0.25, 0.3) is 5.69 Å². The number of nitrogens with zero attached hydrogens (tertiary/aromatic N) is 3. The first-order chi connectivity index (χ1) is 13.9. The van der Waals surface area contributed by atoms with Gasteiger partial charge in [0.2, 0.25) is 0 Å². The van der Waals surface area contributed by atoms with E-state index in [1.807, 2.05) is 47.7 Å². The minimum atomic E-state index is -0.813. The number of aromatic nitrogens is 2. The Balaban J connectivity index is 1.54. The van der Waals surface area contributed by atoms with Crippen LogP contribution in [0.3, 0.4) is 0 Å². The molecule has 0 atom stereocenters. The molecule has 0 unspecified atom stereocenters. The van der Waals surface area contributed by atoms with Crippen LogP contribution in [0.2, 0.25) is 0 Å². The number of aryl methyl sites for hydroxylation is 1. The molecule has 1 aromatic heterocycles. The Labute approximate surface area is 170 Å². The number of carboxylic acids is 1. The van der Waals surface area contributed by atoms with Crippen molar-refractivity contribution in [2.24, 2.45) is 0 Å². The van der Waals surface area contributed by atoms with Gasteiger partial charge in [-0.25, -0.2) is 4.68 Å². The number of rotatable bonds is 5. The Bertz CT molecular complexity index is 928. The summed E-state index contributed by atoms with van der Waals surface area (Å²) in [6.07, 6.45) is 3.72. The van der Waals surface area contributed by atoms with Gasteiger partial charge in [0.15, 0.2) is 0 Å². The summed E-state index contributed by atoms with van der Waals surface area (Å²) in [6, 6.07) is 7.52. The van der Waals surface area contributed by atoms with Gasteiger partial charge in [0.1, 0.15) is 0 Å². The first-order valence-electron chi connectivity index (χ1n) is 10.2. The Morgan fingerprint density at radius 1 is 1.21 bits per heavy atom. The van der Waals surface area contributed by atoms with Crippen LogP contribution in [0.5, 0.6) is 0 Å². The maximum Gasteiger partial charge on any atom is 0.303 e. The van der Waals surface area contributed by atoms with Crippen LogP contribution < -0.4 is 0 Å². The van der Waals surface area contributed by atoms with Crippen LogP contribution in [-0.2, 0) is 16.0 Å². The fourth-order valence-corrected chi connectivity index (χ4v) is 4.47. The number of morpholine rings is 1. The Morgan fingerprint density at radius 2 is 1.93 bits per heavy atom. The van der Waals surface area contributed by atoms with Crippen LogP contribution in [-0.4, -0.2) is 57.0 Å². The zero-order valence-corrected chi connectivity index (χ0v) is 17.0. The van der Waals surface area contributed by atoms with Gasteiger partial charge >= 0.3 is 5.97 Å². The van der Waals surface area contributed by atoms with Crippen molar-refractivity contribution in [3.63, 3.8) is 0 Å². The molecule has 1 spiro atoms. The number of amides is 1. The van der Waals surface area contributed by atoms with Crippen LogP contribution in [0.4, 0.5) is 0 Å². The first kappa shape index (κ1) is 19.6. The molecule has 1 aromatic carbocycles. The van der Waals surface area contributed by atoms with Crippen molar-refractivity contribution in [3.05, 3.63) is 46.8 Å². The van der Waals surface area contributed by atoms with E-state index in [9.17, 15) is 9.59 Å². The third-order valence-corrected chi connectivity index (χ3v) is 6.32. The summed E-state index contributed by atoms with van der Waals surface area (Å²) in [5, 5.41) is 13.5. The van der Waals surface area contributed by atoms with Gasteiger partial charge in [-0.2, -0.15) is 5.10 Å². The van der Waals surface area contributed by atoms with E-state index in [1.54, 1.807) is 0 Å².